The van der Waals surface area contributed by atoms with Gasteiger partial charge in [0, 0.05) is 50.2 Å². The summed E-state index contributed by atoms with van der Waals surface area (Å²) in [5, 5.41) is 4.62. The maximum absolute atomic E-state index is 14.1. The molecular weight excluding hydrogens is 640 g/mol. The number of halogens is 3. The first-order valence-corrected chi connectivity index (χ1v) is 16.8. The van der Waals surface area contributed by atoms with E-state index in [2.05, 4.69) is 105 Å². The fourth-order valence-electron chi connectivity index (χ4n) is 7.75. The third-order valence-corrected chi connectivity index (χ3v) is 10.1. The Kier molecular flexibility index (Phi) is 6.33. The van der Waals surface area contributed by atoms with Gasteiger partial charge in [0.1, 0.15) is 0 Å². The monoisotopic (exact) mass is 667 g/mol. The standard InChI is InChI=1S/C45H28F3N3/c46-45(47,48)32-17-21-44-39(28-32)38-27-30(29-15-19-42-37(26-29)36-13-7-8-14-41(36)50(42)34-11-5-2-6-12-34)16-20-43(38)51(44)35-18-22-40-31(25-35)23-24-49(40)33-9-3-1-4-10-33/h1-28H. The average molecular weight is 668 g/mol. The molecular formula is C45H28F3N3. The number of benzene rings is 7. The number of rotatable bonds is 4. The minimum Gasteiger partial charge on any atom is -0.317 e. The molecule has 0 aliphatic carbocycles. The topological polar surface area (TPSA) is 14.8 Å². The van der Waals surface area contributed by atoms with E-state index in [-0.39, 0.29) is 0 Å². The van der Waals surface area contributed by atoms with Crippen LogP contribution in [0.4, 0.5) is 13.2 Å². The molecule has 0 aliphatic rings. The molecule has 0 saturated heterocycles. The van der Waals surface area contributed by atoms with Crippen molar-refractivity contribution in [2.45, 2.75) is 6.18 Å². The van der Waals surface area contributed by atoms with Crippen LogP contribution in [0.5, 0.6) is 0 Å². The fourth-order valence-corrected chi connectivity index (χ4v) is 7.75. The predicted octanol–water partition coefficient (Wildman–Crippen LogP) is 12.5. The number of alkyl halides is 3. The van der Waals surface area contributed by atoms with Gasteiger partial charge in [0.05, 0.1) is 33.1 Å². The Balaban J connectivity index is 1.17. The van der Waals surface area contributed by atoms with Crippen molar-refractivity contribution >= 4 is 54.5 Å². The number of hydrogen-bond donors (Lipinski definition) is 0. The quantitative estimate of drug-likeness (QED) is 0.177. The molecule has 0 N–H and O–H groups in total. The first-order chi connectivity index (χ1) is 24.9. The van der Waals surface area contributed by atoms with Crippen LogP contribution < -0.4 is 0 Å². The van der Waals surface area contributed by atoms with E-state index in [4.69, 9.17) is 0 Å². The van der Waals surface area contributed by atoms with Gasteiger partial charge >= 0.3 is 6.18 Å². The Labute approximate surface area is 290 Å². The first-order valence-electron chi connectivity index (χ1n) is 16.8. The van der Waals surface area contributed by atoms with Crippen molar-refractivity contribution in [3.8, 4) is 28.2 Å². The number of para-hydroxylation sites is 3. The lowest BCUT2D eigenvalue weighted by Gasteiger charge is -2.11. The predicted molar refractivity (Wildman–Crippen MR) is 202 cm³/mol. The summed E-state index contributed by atoms with van der Waals surface area (Å²) in [5.74, 6) is 0. The Hall–Kier alpha value is -6.53. The zero-order valence-electron chi connectivity index (χ0n) is 27.1. The van der Waals surface area contributed by atoms with Crippen molar-refractivity contribution in [2.24, 2.45) is 0 Å². The van der Waals surface area contributed by atoms with Gasteiger partial charge in [0.15, 0.2) is 0 Å². The van der Waals surface area contributed by atoms with Gasteiger partial charge < -0.3 is 13.7 Å². The molecule has 0 bridgehead atoms. The van der Waals surface area contributed by atoms with Gasteiger partial charge in [-0.25, -0.2) is 0 Å². The SMILES string of the molecule is FC(F)(F)c1ccc2c(c1)c1cc(-c3ccc4c(c3)c3ccccc3n4-c3ccccc3)ccc1n2-c1ccc2c(ccn2-c2ccccc2)c1. The summed E-state index contributed by atoms with van der Waals surface area (Å²) in [6.45, 7) is 0. The molecule has 244 valence electrons. The highest BCUT2D eigenvalue weighted by Crippen LogP contribution is 2.40. The zero-order valence-corrected chi connectivity index (χ0v) is 27.1. The van der Waals surface area contributed by atoms with E-state index in [0.29, 0.717) is 5.39 Å². The van der Waals surface area contributed by atoms with Crippen molar-refractivity contribution in [3.05, 3.63) is 176 Å². The molecule has 0 aliphatic heterocycles. The van der Waals surface area contributed by atoms with E-state index in [0.717, 1.165) is 77.3 Å². The summed E-state index contributed by atoms with van der Waals surface area (Å²) in [6.07, 6.45) is -2.41. The van der Waals surface area contributed by atoms with Crippen LogP contribution in [0.1, 0.15) is 5.56 Å². The van der Waals surface area contributed by atoms with Gasteiger partial charge in [0.25, 0.3) is 0 Å². The van der Waals surface area contributed by atoms with Gasteiger partial charge in [-0.3, -0.25) is 0 Å². The largest absolute Gasteiger partial charge is 0.416 e. The van der Waals surface area contributed by atoms with Crippen LogP contribution in [0.3, 0.4) is 0 Å². The van der Waals surface area contributed by atoms with E-state index in [9.17, 15) is 13.2 Å². The van der Waals surface area contributed by atoms with Crippen LogP contribution in [0, 0.1) is 0 Å². The molecule has 3 nitrogen and oxygen atoms in total. The molecule has 3 aromatic heterocycles. The molecule has 10 rings (SSSR count). The summed E-state index contributed by atoms with van der Waals surface area (Å²) < 4.78 is 48.8. The van der Waals surface area contributed by atoms with Crippen LogP contribution in [-0.2, 0) is 6.18 Å². The van der Waals surface area contributed by atoms with Gasteiger partial charge in [-0.2, -0.15) is 13.2 Å². The highest BCUT2D eigenvalue weighted by Gasteiger charge is 2.31. The van der Waals surface area contributed by atoms with Gasteiger partial charge in [-0.15, -0.1) is 0 Å². The average Bonchev–Trinajstić information content (AvgIpc) is 3.84. The minimum absolute atomic E-state index is 0.561. The Morgan fingerprint density at radius 3 is 1.59 bits per heavy atom. The Morgan fingerprint density at radius 1 is 0.373 bits per heavy atom. The van der Waals surface area contributed by atoms with Crippen molar-refractivity contribution in [1.82, 2.24) is 13.7 Å². The fraction of sp³-hybridized carbons (Fsp3) is 0.0222. The Morgan fingerprint density at radius 2 is 0.902 bits per heavy atom. The molecule has 0 amide bonds. The maximum Gasteiger partial charge on any atom is 0.416 e. The molecule has 0 unspecified atom stereocenters. The Bertz CT molecular complexity index is 2950. The van der Waals surface area contributed by atoms with Crippen molar-refractivity contribution in [3.63, 3.8) is 0 Å². The molecule has 0 spiro atoms. The molecule has 0 saturated carbocycles. The summed E-state index contributed by atoms with van der Waals surface area (Å²) in [4.78, 5) is 0. The second kappa shape index (κ2) is 11.0. The van der Waals surface area contributed by atoms with Gasteiger partial charge in [0.2, 0.25) is 0 Å². The third-order valence-electron chi connectivity index (χ3n) is 10.1. The maximum atomic E-state index is 14.1. The number of hydrogen-bond acceptors (Lipinski definition) is 0. The van der Waals surface area contributed by atoms with Gasteiger partial charge in [-0.05, 0) is 108 Å². The summed E-state index contributed by atoms with van der Waals surface area (Å²) >= 11 is 0. The molecule has 10 aromatic rings. The number of aromatic nitrogens is 3. The summed E-state index contributed by atoms with van der Waals surface area (Å²) in [5.41, 5.74) is 9.13. The summed E-state index contributed by atoms with van der Waals surface area (Å²) in [6, 6.07) is 53.8. The van der Waals surface area contributed by atoms with Crippen molar-refractivity contribution < 1.29 is 13.2 Å². The molecule has 51 heavy (non-hydrogen) atoms. The van der Waals surface area contributed by atoms with Crippen LogP contribution >= 0.6 is 0 Å². The third kappa shape index (κ3) is 4.60. The highest BCUT2D eigenvalue weighted by molar-refractivity contribution is 6.13. The minimum atomic E-state index is -4.46. The lowest BCUT2D eigenvalue weighted by Crippen LogP contribution is -2.04. The number of nitrogens with zero attached hydrogens (tertiary/aromatic N) is 3. The van der Waals surface area contributed by atoms with E-state index in [1.165, 1.54) is 12.1 Å². The van der Waals surface area contributed by atoms with E-state index < -0.39 is 11.7 Å². The van der Waals surface area contributed by atoms with Crippen LogP contribution in [0.25, 0.3) is 82.7 Å². The van der Waals surface area contributed by atoms with Crippen molar-refractivity contribution in [1.29, 1.82) is 0 Å². The second-order valence-corrected chi connectivity index (χ2v) is 13.0. The molecule has 3 heterocycles. The zero-order chi connectivity index (χ0) is 34.3. The second-order valence-electron chi connectivity index (χ2n) is 13.0. The van der Waals surface area contributed by atoms with Crippen LogP contribution in [0.2, 0.25) is 0 Å². The smallest absolute Gasteiger partial charge is 0.317 e. The van der Waals surface area contributed by atoms with Gasteiger partial charge in [-0.1, -0.05) is 66.7 Å². The summed E-state index contributed by atoms with van der Waals surface area (Å²) in [7, 11) is 0. The number of fused-ring (bicyclic) bond motifs is 7. The van der Waals surface area contributed by atoms with E-state index in [1.807, 2.05) is 60.8 Å². The van der Waals surface area contributed by atoms with Crippen LogP contribution in [0.15, 0.2) is 170 Å². The lowest BCUT2D eigenvalue weighted by atomic mass is 10.00. The molecule has 0 radical (unpaired) electrons. The lowest BCUT2D eigenvalue weighted by molar-refractivity contribution is -0.137. The van der Waals surface area contributed by atoms with E-state index in [1.54, 1.807) is 6.07 Å². The molecule has 7 aromatic carbocycles. The highest BCUT2D eigenvalue weighted by atomic mass is 19.4. The molecule has 0 fully saturated rings. The molecule has 0 atom stereocenters. The van der Waals surface area contributed by atoms with E-state index >= 15 is 0 Å². The van der Waals surface area contributed by atoms with Crippen molar-refractivity contribution in [2.75, 3.05) is 0 Å². The normalized spacial score (nSPS) is 12.2. The first kappa shape index (κ1) is 29.4. The van der Waals surface area contributed by atoms with Crippen LogP contribution in [-0.4, -0.2) is 13.7 Å². The molecule has 6 heteroatoms.